The van der Waals surface area contributed by atoms with Gasteiger partial charge >= 0.3 is 0 Å². The molecule has 6 heteroatoms. The number of hydrogen-bond donors (Lipinski definition) is 2. The number of nitrogens with zero attached hydrogens (tertiary/aromatic N) is 1. The monoisotopic (exact) mass is 333 g/mol. The topological polar surface area (TPSA) is 50.9 Å². The van der Waals surface area contributed by atoms with Gasteiger partial charge in [-0.3, -0.25) is 0 Å². The van der Waals surface area contributed by atoms with E-state index in [0.717, 1.165) is 17.5 Å². The molecule has 0 saturated carbocycles. The zero-order valence-electron chi connectivity index (χ0n) is 13.0. The maximum Gasteiger partial charge on any atom is 0.161 e. The summed E-state index contributed by atoms with van der Waals surface area (Å²) in [5, 5.41) is 3.20. The van der Waals surface area contributed by atoms with E-state index in [1.54, 1.807) is 6.20 Å². The normalized spacial score (nSPS) is 20.6. The van der Waals surface area contributed by atoms with E-state index in [2.05, 4.69) is 10.3 Å². The van der Waals surface area contributed by atoms with Crippen LogP contribution in [0.15, 0.2) is 48.2 Å². The van der Waals surface area contributed by atoms with Gasteiger partial charge in [-0.05, 0) is 36.6 Å². The predicted octanol–water partition coefficient (Wildman–Crippen LogP) is 3.74. The Morgan fingerprint density at radius 1 is 1.12 bits per heavy atom. The van der Waals surface area contributed by atoms with Crippen molar-refractivity contribution in [3.8, 4) is 0 Å². The van der Waals surface area contributed by atoms with Crippen molar-refractivity contribution < 1.29 is 13.2 Å². The summed E-state index contributed by atoms with van der Waals surface area (Å²) in [6.07, 6.45) is 4.72. The fraction of sp³-hybridized carbons (Fsp3) is 0.278. The van der Waals surface area contributed by atoms with Crippen LogP contribution in [0, 0.1) is 17.5 Å². The first-order valence-corrected chi connectivity index (χ1v) is 7.77. The van der Waals surface area contributed by atoms with Crippen LogP contribution in [0.2, 0.25) is 0 Å². The van der Waals surface area contributed by atoms with Crippen LogP contribution in [-0.2, 0) is 0 Å². The van der Waals surface area contributed by atoms with Crippen molar-refractivity contribution in [2.75, 3.05) is 11.9 Å². The number of anilines is 1. The van der Waals surface area contributed by atoms with E-state index < -0.39 is 17.5 Å². The van der Waals surface area contributed by atoms with Gasteiger partial charge < -0.3 is 11.1 Å². The molecule has 2 aromatic rings. The van der Waals surface area contributed by atoms with Gasteiger partial charge in [-0.25, -0.2) is 18.2 Å². The average molecular weight is 333 g/mol. The molecule has 0 fully saturated rings. The number of halogens is 3. The van der Waals surface area contributed by atoms with Crippen molar-refractivity contribution in [1.82, 2.24) is 4.98 Å². The molecular weight excluding hydrogens is 315 g/mol. The first-order valence-electron chi connectivity index (χ1n) is 7.77. The van der Waals surface area contributed by atoms with Gasteiger partial charge in [0.15, 0.2) is 11.6 Å². The molecule has 3 N–H and O–H groups in total. The third kappa shape index (κ3) is 3.59. The van der Waals surface area contributed by atoms with Gasteiger partial charge in [0.2, 0.25) is 0 Å². The number of benzene rings is 1. The van der Waals surface area contributed by atoms with E-state index in [-0.39, 0.29) is 17.5 Å². The van der Waals surface area contributed by atoms with Crippen LogP contribution >= 0.6 is 0 Å². The molecule has 0 amide bonds. The van der Waals surface area contributed by atoms with Gasteiger partial charge in [0.1, 0.15) is 11.6 Å². The minimum atomic E-state index is -1.18. The Labute approximate surface area is 138 Å². The van der Waals surface area contributed by atoms with Gasteiger partial charge in [-0.15, -0.1) is 0 Å². The number of pyridine rings is 1. The van der Waals surface area contributed by atoms with E-state index >= 15 is 0 Å². The molecule has 2 atom stereocenters. The Balaban J connectivity index is 1.70. The van der Waals surface area contributed by atoms with E-state index in [1.165, 1.54) is 0 Å². The van der Waals surface area contributed by atoms with Gasteiger partial charge in [0.05, 0.1) is 0 Å². The standard InChI is InChI=1S/C18H18F3N3/c19-14-9-16(21)15(20)8-13(14)12-5-4-11(7-17(12)22)10-24-18-3-1-2-6-23-18/h1-4,6,8-9,12,17H,5,7,10,22H2,(H,23,24)/t12-,17+/m0/s1. The van der Waals surface area contributed by atoms with Gasteiger partial charge in [-0.2, -0.15) is 0 Å². The van der Waals surface area contributed by atoms with Crippen molar-refractivity contribution in [2.45, 2.75) is 24.8 Å². The van der Waals surface area contributed by atoms with Crippen molar-refractivity contribution >= 4 is 5.82 Å². The predicted molar refractivity (Wildman–Crippen MR) is 87.1 cm³/mol. The molecule has 24 heavy (non-hydrogen) atoms. The summed E-state index contributed by atoms with van der Waals surface area (Å²) in [6, 6.07) is 6.73. The number of nitrogens with one attached hydrogen (secondary N) is 1. The molecule has 3 rings (SSSR count). The number of hydrogen-bond acceptors (Lipinski definition) is 3. The number of allylic oxidation sites excluding steroid dienone is 1. The second kappa shape index (κ2) is 7.05. The van der Waals surface area contributed by atoms with Crippen LogP contribution in [0.25, 0.3) is 0 Å². The lowest BCUT2D eigenvalue weighted by molar-refractivity contribution is 0.455. The van der Waals surface area contributed by atoms with Crippen LogP contribution in [0.4, 0.5) is 19.0 Å². The van der Waals surface area contributed by atoms with Gasteiger partial charge in [-0.1, -0.05) is 17.7 Å². The molecule has 0 aliphatic heterocycles. The third-order valence-electron chi connectivity index (χ3n) is 4.28. The summed E-state index contributed by atoms with van der Waals surface area (Å²) in [5.41, 5.74) is 7.38. The highest BCUT2D eigenvalue weighted by Crippen LogP contribution is 2.33. The average Bonchev–Trinajstić information content (AvgIpc) is 2.58. The Morgan fingerprint density at radius 3 is 2.62 bits per heavy atom. The molecule has 1 heterocycles. The lowest BCUT2D eigenvalue weighted by Gasteiger charge is -2.29. The van der Waals surface area contributed by atoms with Crippen molar-refractivity contribution in [3.63, 3.8) is 0 Å². The zero-order valence-corrected chi connectivity index (χ0v) is 13.0. The van der Waals surface area contributed by atoms with Crippen LogP contribution in [0.1, 0.15) is 24.3 Å². The molecule has 1 aliphatic rings. The van der Waals surface area contributed by atoms with E-state index in [0.29, 0.717) is 25.5 Å². The minimum absolute atomic E-state index is 0.134. The third-order valence-corrected chi connectivity index (χ3v) is 4.28. The van der Waals surface area contributed by atoms with Gasteiger partial charge in [0.25, 0.3) is 0 Å². The zero-order chi connectivity index (χ0) is 17.1. The lowest BCUT2D eigenvalue weighted by atomic mass is 9.80. The van der Waals surface area contributed by atoms with E-state index in [1.807, 2.05) is 24.3 Å². The Hall–Kier alpha value is -2.34. The fourth-order valence-electron chi connectivity index (χ4n) is 2.99. The van der Waals surface area contributed by atoms with E-state index in [4.69, 9.17) is 5.73 Å². The summed E-state index contributed by atoms with van der Waals surface area (Å²) in [6.45, 7) is 0.595. The summed E-state index contributed by atoms with van der Waals surface area (Å²) in [7, 11) is 0. The van der Waals surface area contributed by atoms with Crippen molar-refractivity contribution in [2.24, 2.45) is 5.73 Å². The smallest absolute Gasteiger partial charge is 0.161 e. The minimum Gasteiger partial charge on any atom is -0.366 e. The highest BCUT2D eigenvalue weighted by atomic mass is 19.2. The summed E-state index contributed by atoms with van der Waals surface area (Å²) >= 11 is 0. The van der Waals surface area contributed by atoms with Crippen molar-refractivity contribution in [3.05, 3.63) is 71.2 Å². The molecule has 0 unspecified atom stereocenters. The van der Waals surface area contributed by atoms with Crippen LogP contribution in [-0.4, -0.2) is 17.6 Å². The Kier molecular flexibility index (Phi) is 4.85. The maximum absolute atomic E-state index is 14.0. The summed E-state index contributed by atoms with van der Waals surface area (Å²) in [4.78, 5) is 4.18. The molecule has 0 saturated heterocycles. The number of nitrogens with two attached hydrogens (primary N) is 1. The Bertz CT molecular complexity index is 747. The highest BCUT2D eigenvalue weighted by Gasteiger charge is 2.27. The number of rotatable bonds is 4. The van der Waals surface area contributed by atoms with Gasteiger partial charge in [0, 0.05) is 30.8 Å². The SMILES string of the molecule is N[C@@H]1CC(CNc2ccccn2)=CC[C@H]1c1cc(F)c(F)cc1F. The number of aromatic nitrogens is 1. The molecule has 0 radical (unpaired) electrons. The second-order valence-electron chi connectivity index (χ2n) is 5.93. The molecule has 126 valence electrons. The summed E-state index contributed by atoms with van der Waals surface area (Å²) < 4.78 is 40.4. The van der Waals surface area contributed by atoms with Crippen LogP contribution in [0.3, 0.4) is 0 Å². The molecule has 0 spiro atoms. The molecule has 1 aromatic heterocycles. The van der Waals surface area contributed by atoms with Crippen LogP contribution in [0.5, 0.6) is 0 Å². The molecule has 1 aromatic carbocycles. The van der Waals surface area contributed by atoms with E-state index in [9.17, 15) is 13.2 Å². The first-order chi connectivity index (χ1) is 11.5. The highest BCUT2D eigenvalue weighted by molar-refractivity contribution is 5.36. The molecule has 0 bridgehead atoms. The Morgan fingerprint density at radius 2 is 1.92 bits per heavy atom. The molecular formula is C18H18F3N3. The lowest BCUT2D eigenvalue weighted by Crippen LogP contribution is -2.33. The largest absolute Gasteiger partial charge is 0.366 e. The summed E-state index contributed by atoms with van der Waals surface area (Å²) in [5.74, 6) is -2.58. The molecule has 3 nitrogen and oxygen atoms in total. The fourth-order valence-corrected chi connectivity index (χ4v) is 2.99. The van der Waals surface area contributed by atoms with Crippen molar-refractivity contribution in [1.29, 1.82) is 0 Å². The quantitative estimate of drug-likeness (QED) is 0.662. The maximum atomic E-state index is 14.0. The first kappa shape index (κ1) is 16.5. The molecule has 1 aliphatic carbocycles. The second-order valence-corrected chi connectivity index (χ2v) is 5.93. The van der Waals surface area contributed by atoms with Crippen LogP contribution < -0.4 is 11.1 Å².